The van der Waals surface area contributed by atoms with Crippen LogP contribution in [0.15, 0.2) is 47.4 Å². The van der Waals surface area contributed by atoms with Crippen LogP contribution in [-0.2, 0) is 14.8 Å². The first-order chi connectivity index (χ1) is 13.6. The third-order valence-electron chi connectivity index (χ3n) is 4.57. The SMILES string of the molecule is Cc1ccc(S(=O)(=O)NCCNC(=O)C(C)Oc2ccc(C(C)C)cc2)c(C)c1. The molecule has 0 heterocycles. The highest BCUT2D eigenvalue weighted by Crippen LogP contribution is 2.19. The van der Waals surface area contributed by atoms with Gasteiger partial charge in [-0.3, -0.25) is 4.79 Å². The second-order valence-electron chi connectivity index (χ2n) is 7.44. The Hall–Kier alpha value is -2.38. The lowest BCUT2D eigenvalue weighted by molar-refractivity contribution is -0.127. The average molecular weight is 419 g/mol. The minimum Gasteiger partial charge on any atom is -0.481 e. The Morgan fingerprint density at radius 3 is 2.24 bits per heavy atom. The zero-order valence-electron chi connectivity index (χ0n) is 17.7. The van der Waals surface area contributed by atoms with E-state index in [4.69, 9.17) is 4.74 Å². The highest BCUT2D eigenvalue weighted by atomic mass is 32.2. The molecule has 7 heteroatoms. The first-order valence-corrected chi connectivity index (χ1v) is 11.2. The summed E-state index contributed by atoms with van der Waals surface area (Å²) in [5.41, 5.74) is 2.89. The van der Waals surface area contributed by atoms with E-state index >= 15 is 0 Å². The molecule has 2 N–H and O–H groups in total. The minimum atomic E-state index is -3.62. The van der Waals surface area contributed by atoms with Crippen LogP contribution in [0.2, 0.25) is 0 Å². The Labute approximate surface area is 173 Å². The average Bonchev–Trinajstić information content (AvgIpc) is 2.65. The van der Waals surface area contributed by atoms with E-state index in [-0.39, 0.29) is 23.9 Å². The summed E-state index contributed by atoms with van der Waals surface area (Å²) in [4.78, 5) is 12.4. The molecule has 0 saturated heterocycles. The molecular formula is C22H30N2O4S. The molecule has 0 bridgehead atoms. The van der Waals surface area contributed by atoms with Gasteiger partial charge in [0.2, 0.25) is 10.0 Å². The van der Waals surface area contributed by atoms with Crippen molar-refractivity contribution in [2.75, 3.05) is 13.1 Å². The van der Waals surface area contributed by atoms with Crippen molar-refractivity contribution in [2.45, 2.75) is 51.5 Å². The van der Waals surface area contributed by atoms with Crippen molar-refractivity contribution in [1.82, 2.24) is 10.0 Å². The molecule has 2 rings (SSSR count). The lowest BCUT2D eigenvalue weighted by atomic mass is 10.0. The van der Waals surface area contributed by atoms with Gasteiger partial charge in [0.25, 0.3) is 5.91 Å². The highest BCUT2D eigenvalue weighted by molar-refractivity contribution is 7.89. The molecule has 0 aliphatic rings. The Bertz CT molecular complexity index is 938. The van der Waals surface area contributed by atoms with Gasteiger partial charge in [0.1, 0.15) is 5.75 Å². The maximum absolute atomic E-state index is 12.4. The molecule has 158 valence electrons. The van der Waals surface area contributed by atoms with Crippen LogP contribution < -0.4 is 14.8 Å². The number of hydrogen-bond donors (Lipinski definition) is 2. The smallest absolute Gasteiger partial charge is 0.260 e. The molecule has 0 fully saturated rings. The van der Waals surface area contributed by atoms with Gasteiger partial charge in [-0.15, -0.1) is 0 Å². The molecule has 0 aliphatic carbocycles. The fraction of sp³-hybridized carbons (Fsp3) is 0.409. The molecule has 2 aromatic carbocycles. The molecule has 1 unspecified atom stereocenters. The number of aryl methyl sites for hydroxylation is 2. The number of carbonyl (C=O) groups is 1. The number of carbonyl (C=O) groups excluding carboxylic acids is 1. The van der Waals surface area contributed by atoms with Crippen LogP contribution in [0.1, 0.15) is 43.4 Å². The zero-order chi connectivity index (χ0) is 21.6. The number of ether oxygens (including phenoxy) is 1. The Balaban J connectivity index is 1.81. The van der Waals surface area contributed by atoms with E-state index in [1.807, 2.05) is 37.3 Å². The summed E-state index contributed by atoms with van der Waals surface area (Å²) in [6, 6.07) is 12.8. The van der Waals surface area contributed by atoms with Gasteiger partial charge in [-0.1, -0.05) is 43.7 Å². The van der Waals surface area contributed by atoms with Gasteiger partial charge in [-0.05, 0) is 56.0 Å². The maximum atomic E-state index is 12.4. The van der Waals surface area contributed by atoms with Gasteiger partial charge >= 0.3 is 0 Å². The number of amides is 1. The van der Waals surface area contributed by atoms with E-state index in [1.54, 1.807) is 26.0 Å². The summed E-state index contributed by atoms with van der Waals surface area (Å²) >= 11 is 0. The van der Waals surface area contributed by atoms with Crippen LogP contribution in [0.4, 0.5) is 0 Å². The standard InChI is InChI=1S/C22H30N2O4S/c1-15(2)19-7-9-20(10-8-19)28-18(5)22(25)23-12-13-24-29(26,27)21-11-6-16(3)14-17(21)4/h6-11,14-15,18,24H,12-13H2,1-5H3,(H,23,25). The molecule has 0 saturated carbocycles. The van der Waals surface area contributed by atoms with Gasteiger partial charge in [-0.25, -0.2) is 13.1 Å². The van der Waals surface area contributed by atoms with E-state index < -0.39 is 16.1 Å². The van der Waals surface area contributed by atoms with Crippen LogP contribution in [0, 0.1) is 13.8 Å². The van der Waals surface area contributed by atoms with Crippen LogP contribution >= 0.6 is 0 Å². The van der Waals surface area contributed by atoms with E-state index in [1.165, 1.54) is 5.56 Å². The van der Waals surface area contributed by atoms with Gasteiger partial charge in [0, 0.05) is 13.1 Å². The number of rotatable bonds is 9. The molecule has 0 aliphatic heterocycles. The second-order valence-corrected chi connectivity index (χ2v) is 9.18. The molecule has 0 radical (unpaired) electrons. The van der Waals surface area contributed by atoms with Crippen molar-refractivity contribution in [3.63, 3.8) is 0 Å². The molecule has 0 aromatic heterocycles. The fourth-order valence-electron chi connectivity index (χ4n) is 2.88. The van der Waals surface area contributed by atoms with E-state index in [9.17, 15) is 13.2 Å². The van der Waals surface area contributed by atoms with Gasteiger partial charge < -0.3 is 10.1 Å². The van der Waals surface area contributed by atoms with E-state index in [0.29, 0.717) is 17.2 Å². The van der Waals surface area contributed by atoms with Crippen LogP contribution in [0.25, 0.3) is 0 Å². The third kappa shape index (κ3) is 6.58. The van der Waals surface area contributed by atoms with Crippen LogP contribution in [0.5, 0.6) is 5.75 Å². The first-order valence-electron chi connectivity index (χ1n) is 9.71. The number of sulfonamides is 1. The number of benzene rings is 2. The van der Waals surface area contributed by atoms with Crippen molar-refractivity contribution in [2.24, 2.45) is 0 Å². The van der Waals surface area contributed by atoms with E-state index in [0.717, 1.165) is 5.56 Å². The molecule has 0 spiro atoms. The summed E-state index contributed by atoms with van der Waals surface area (Å²) < 4.78 is 33.0. The van der Waals surface area contributed by atoms with Gasteiger partial charge in [-0.2, -0.15) is 0 Å². The summed E-state index contributed by atoms with van der Waals surface area (Å²) in [5, 5.41) is 2.69. The monoisotopic (exact) mass is 418 g/mol. The maximum Gasteiger partial charge on any atom is 0.260 e. The summed E-state index contributed by atoms with van der Waals surface area (Å²) in [5.74, 6) is 0.744. The van der Waals surface area contributed by atoms with Crippen molar-refractivity contribution < 1.29 is 17.9 Å². The second kappa shape index (κ2) is 9.89. The minimum absolute atomic E-state index is 0.0944. The number of hydrogen-bond acceptors (Lipinski definition) is 4. The summed E-state index contributed by atoms with van der Waals surface area (Å²) in [7, 11) is -3.62. The fourth-order valence-corrected chi connectivity index (χ4v) is 4.14. The Morgan fingerprint density at radius 2 is 1.66 bits per heavy atom. The van der Waals surface area contributed by atoms with Gasteiger partial charge in [0.15, 0.2) is 6.10 Å². The zero-order valence-corrected chi connectivity index (χ0v) is 18.5. The normalized spacial score (nSPS) is 12.6. The van der Waals surface area contributed by atoms with Crippen LogP contribution in [-0.4, -0.2) is 33.5 Å². The van der Waals surface area contributed by atoms with Crippen molar-refractivity contribution in [3.05, 3.63) is 59.2 Å². The van der Waals surface area contributed by atoms with Crippen molar-refractivity contribution in [3.8, 4) is 5.75 Å². The molecule has 1 amide bonds. The largest absolute Gasteiger partial charge is 0.481 e. The van der Waals surface area contributed by atoms with Gasteiger partial charge in [0.05, 0.1) is 4.90 Å². The Kier molecular flexibility index (Phi) is 7.81. The third-order valence-corrected chi connectivity index (χ3v) is 6.19. The van der Waals surface area contributed by atoms with E-state index in [2.05, 4.69) is 23.9 Å². The van der Waals surface area contributed by atoms with Crippen molar-refractivity contribution >= 4 is 15.9 Å². The first kappa shape index (κ1) is 22.9. The molecule has 29 heavy (non-hydrogen) atoms. The lowest BCUT2D eigenvalue weighted by Gasteiger charge is -2.16. The molecular weight excluding hydrogens is 388 g/mol. The Morgan fingerprint density at radius 1 is 1.00 bits per heavy atom. The topological polar surface area (TPSA) is 84.5 Å². The number of nitrogens with one attached hydrogen (secondary N) is 2. The quantitative estimate of drug-likeness (QED) is 0.612. The lowest BCUT2D eigenvalue weighted by Crippen LogP contribution is -2.40. The summed E-state index contributed by atoms with van der Waals surface area (Å²) in [6.07, 6.45) is -0.684. The predicted molar refractivity (Wildman–Crippen MR) is 115 cm³/mol. The highest BCUT2D eigenvalue weighted by Gasteiger charge is 2.17. The van der Waals surface area contributed by atoms with Crippen LogP contribution in [0.3, 0.4) is 0 Å². The summed E-state index contributed by atoms with van der Waals surface area (Å²) in [6.45, 7) is 9.82. The van der Waals surface area contributed by atoms with Crippen molar-refractivity contribution in [1.29, 1.82) is 0 Å². The molecule has 6 nitrogen and oxygen atoms in total. The molecule has 2 aromatic rings. The molecule has 1 atom stereocenters. The predicted octanol–water partition coefficient (Wildman–Crippen LogP) is 3.29.